The van der Waals surface area contributed by atoms with Crippen LogP contribution in [0.15, 0.2) is 41.2 Å². The van der Waals surface area contributed by atoms with E-state index in [1.165, 1.54) is 10.1 Å². The molecule has 0 amide bonds. The second kappa shape index (κ2) is 6.52. The zero-order valence-corrected chi connectivity index (χ0v) is 15.3. The molecule has 0 spiro atoms. The number of hydrogen-bond acceptors (Lipinski definition) is 5. The molecule has 25 heavy (non-hydrogen) atoms. The standard InChI is InChI=1S/C19H21N3O2S/c1-13-11-15(12-18(23)21(13)2)24-14-7-9-22(10-8-14)19-16-5-3-4-6-17(16)25-20-19/h3-6,11-12,14H,7-10H2,1-2H3. The molecule has 1 aliphatic rings. The first kappa shape index (κ1) is 16.1. The number of pyridine rings is 1. The van der Waals surface area contributed by atoms with Crippen molar-refractivity contribution in [2.45, 2.75) is 25.9 Å². The quantitative estimate of drug-likeness (QED) is 0.723. The lowest BCUT2D eigenvalue weighted by Crippen LogP contribution is -2.38. The van der Waals surface area contributed by atoms with Crippen molar-refractivity contribution in [3.63, 3.8) is 0 Å². The summed E-state index contributed by atoms with van der Waals surface area (Å²) in [6, 6.07) is 11.9. The maximum Gasteiger partial charge on any atom is 0.254 e. The Morgan fingerprint density at radius 3 is 2.72 bits per heavy atom. The Balaban J connectivity index is 1.44. The lowest BCUT2D eigenvalue weighted by molar-refractivity contribution is 0.170. The molecule has 0 unspecified atom stereocenters. The molecule has 0 aliphatic carbocycles. The van der Waals surface area contributed by atoms with E-state index >= 15 is 0 Å². The molecule has 0 atom stereocenters. The third-order valence-corrected chi connectivity index (χ3v) is 5.70. The molecule has 1 aromatic carbocycles. The van der Waals surface area contributed by atoms with E-state index in [4.69, 9.17) is 4.74 Å². The fourth-order valence-electron chi connectivity index (χ4n) is 3.28. The van der Waals surface area contributed by atoms with Crippen LogP contribution in [-0.4, -0.2) is 28.1 Å². The van der Waals surface area contributed by atoms with Gasteiger partial charge in [-0.2, -0.15) is 4.37 Å². The highest BCUT2D eigenvalue weighted by molar-refractivity contribution is 7.13. The number of ether oxygens (including phenoxy) is 1. The summed E-state index contributed by atoms with van der Waals surface area (Å²) < 4.78 is 13.6. The number of nitrogens with zero attached hydrogens (tertiary/aromatic N) is 3. The molecule has 5 nitrogen and oxygen atoms in total. The monoisotopic (exact) mass is 355 g/mol. The number of aromatic nitrogens is 2. The summed E-state index contributed by atoms with van der Waals surface area (Å²) in [7, 11) is 1.78. The zero-order valence-electron chi connectivity index (χ0n) is 14.4. The molecular formula is C19H21N3O2S. The van der Waals surface area contributed by atoms with E-state index in [1.54, 1.807) is 29.2 Å². The van der Waals surface area contributed by atoms with Crippen molar-refractivity contribution < 1.29 is 4.74 Å². The zero-order chi connectivity index (χ0) is 17.4. The first-order valence-corrected chi connectivity index (χ1v) is 9.33. The van der Waals surface area contributed by atoms with Crippen LogP contribution in [0.1, 0.15) is 18.5 Å². The molecule has 0 radical (unpaired) electrons. The lowest BCUT2D eigenvalue weighted by Gasteiger charge is -2.32. The van der Waals surface area contributed by atoms with Gasteiger partial charge in [-0.25, -0.2) is 0 Å². The van der Waals surface area contributed by atoms with Gasteiger partial charge in [-0.1, -0.05) is 12.1 Å². The minimum Gasteiger partial charge on any atom is -0.490 e. The summed E-state index contributed by atoms with van der Waals surface area (Å²) in [5.41, 5.74) is 0.884. The third kappa shape index (κ3) is 3.14. The van der Waals surface area contributed by atoms with Crippen LogP contribution >= 0.6 is 11.5 Å². The largest absolute Gasteiger partial charge is 0.490 e. The fourth-order valence-corrected chi connectivity index (χ4v) is 4.08. The van der Waals surface area contributed by atoms with Crippen LogP contribution in [-0.2, 0) is 7.05 Å². The average Bonchev–Trinajstić information content (AvgIpc) is 3.04. The summed E-state index contributed by atoms with van der Waals surface area (Å²) in [6.07, 6.45) is 2.01. The van der Waals surface area contributed by atoms with Crippen molar-refractivity contribution in [1.29, 1.82) is 0 Å². The number of aryl methyl sites for hydroxylation is 1. The van der Waals surface area contributed by atoms with Gasteiger partial charge < -0.3 is 14.2 Å². The smallest absolute Gasteiger partial charge is 0.254 e. The highest BCUT2D eigenvalue weighted by atomic mass is 32.1. The Labute approximate surface area is 150 Å². The molecule has 1 aliphatic heterocycles. The van der Waals surface area contributed by atoms with Crippen molar-refractivity contribution in [2.75, 3.05) is 18.0 Å². The third-order valence-electron chi connectivity index (χ3n) is 4.88. The van der Waals surface area contributed by atoms with E-state index in [0.717, 1.165) is 37.4 Å². The first-order chi connectivity index (χ1) is 12.1. The predicted octanol–water partition coefficient (Wildman–Crippen LogP) is 3.35. The number of benzene rings is 1. The van der Waals surface area contributed by atoms with E-state index in [0.29, 0.717) is 5.75 Å². The predicted molar refractivity (Wildman–Crippen MR) is 102 cm³/mol. The molecule has 2 aromatic heterocycles. The van der Waals surface area contributed by atoms with Gasteiger partial charge in [0.1, 0.15) is 17.7 Å². The molecule has 1 fully saturated rings. The van der Waals surface area contributed by atoms with Crippen molar-refractivity contribution >= 4 is 27.4 Å². The minimum atomic E-state index is -0.0265. The van der Waals surface area contributed by atoms with Crippen molar-refractivity contribution in [1.82, 2.24) is 8.94 Å². The maximum absolute atomic E-state index is 11.9. The maximum atomic E-state index is 11.9. The molecule has 4 rings (SSSR count). The topological polar surface area (TPSA) is 47.4 Å². The van der Waals surface area contributed by atoms with Gasteiger partial charge in [0, 0.05) is 50.1 Å². The van der Waals surface area contributed by atoms with Crippen LogP contribution in [0.2, 0.25) is 0 Å². The van der Waals surface area contributed by atoms with Crippen LogP contribution in [0.25, 0.3) is 10.1 Å². The Morgan fingerprint density at radius 1 is 1.20 bits per heavy atom. The molecule has 6 heteroatoms. The van der Waals surface area contributed by atoms with Crippen LogP contribution < -0.4 is 15.2 Å². The van der Waals surface area contributed by atoms with Gasteiger partial charge in [-0.3, -0.25) is 4.79 Å². The lowest BCUT2D eigenvalue weighted by atomic mass is 10.1. The number of hydrogen-bond donors (Lipinski definition) is 0. The SMILES string of the molecule is Cc1cc(OC2CCN(c3nsc4ccccc34)CC2)cc(=O)n1C. The van der Waals surface area contributed by atoms with E-state index in [1.807, 2.05) is 13.0 Å². The van der Waals surface area contributed by atoms with Crippen molar-refractivity contribution in [3.8, 4) is 5.75 Å². The summed E-state index contributed by atoms with van der Waals surface area (Å²) in [6.45, 7) is 3.76. The number of piperidine rings is 1. The fraction of sp³-hybridized carbons (Fsp3) is 0.368. The van der Waals surface area contributed by atoms with E-state index < -0.39 is 0 Å². The molecule has 0 bridgehead atoms. The van der Waals surface area contributed by atoms with Gasteiger partial charge in [0.05, 0.1) is 4.70 Å². The van der Waals surface area contributed by atoms with Gasteiger partial charge in [0.25, 0.3) is 5.56 Å². The van der Waals surface area contributed by atoms with Crippen LogP contribution in [0.4, 0.5) is 5.82 Å². The summed E-state index contributed by atoms with van der Waals surface area (Å²) >= 11 is 1.56. The molecule has 0 saturated carbocycles. The van der Waals surface area contributed by atoms with Gasteiger partial charge in [0.15, 0.2) is 0 Å². The van der Waals surface area contributed by atoms with Crippen molar-refractivity contribution in [2.24, 2.45) is 7.05 Å². The number of fused-ring (bicyclic) bond motifs is 1. The Bertz CT molecular complexity index is 955. The highest BCUT2D eigenvalue weighted by Gasteiger charge is 2.23. The second-order valence-electron chi connectivity index (χ2n) is 6.54. The van der Waals surface area contributed by atoms with E-state index in [-0.39, 0.29) is 11.7 Å². The number of anilines is 1. The normalized spacial score (nSPS) is 15.7. The molecule has 130 valence electrons. The molecular weight excluding hydrogens is 334 g/mol. The summed E-state index contributed by atoms with van der Waals surface area (Å²) in [5.74, 6) is 1.77. The molecule has 0 N–H and O–H groups in total. The van der Waals surface area contributed by atoms with Gasteiger partial charge in [0.2, 0.25) is 0 Å². The van der Waals surface area contributed by atoms with Crippen molar-refractivity contribution in [3.05, 3.63) is 52.4 Å². The molecule has 3 aromatic rings. The van der Waals surface area contributed by atoms with Gasteiger partial charge in [-0.15, -0.1) is 0 Å². The van der Waals surface area contributed by atoms with Crippen LogP contribution in [0.3, 0.4) is 0 Å². The van der Waals surface area contributed by atoms with Crippen LogP contribution in [0.5, 0.6) is 5.75 Å². The number of rotatable bonds is 3. The minimum absolute atomic E-state index is 0.0265. The Kier molecular flexibility index (Phi) is 4.21. The Morgan fingerprint density at radius 2 is 1.96 bits per heavy atom. The second-order valence-corrected chi connectivity index (χ2v) is 7.34. The first-order valence-electron chi connectivity index (χ1n) is 8.55. The van der Waals surface area contributed by atoms with Gasteiger partial charge in [-0.05, 0) is 36.7 Å². The highest BCUT2D eigenvalue weighted by Crippen LogP contribution is 2.31. The Hall–Kier alpha value is -2.34. The summed E-state index contributed by atoms with van der Waals surface area (Å²) in [5, 5.41) is 1.23. The average molecular weight is 355 g/mol. The van der Waals surface area contributed by atoms with E-state index in [9.17, 15) is 4.79 Å². The van der Waals surface area contributed by atoms with Gasteiger partial charge >= 0.3 is 0 Å². The van der Waals surface area contributed by atoms with E-state index in [2.05, 4.69) is 33.5 Å². The molecule has 1 saturated heterocycles. The van der Waals surface area contributed by atoms with Crippen LogP contribution in [0, 0.1) is 6.92 Å². The summed E-state index contributed by atoms with van der Waals surface area (Å²) in [4.78, 5) is 14.2. The molecule has 3 heterocycles.